The maximum absolute atomic E-state index is 11.4. The van der Waals surface area contributed by atoms with Gasteiger partial charge in [0.05, 0.1) is 0 Å². The molecule has 4 rings (SSSR count). The molecule has 0 radical (unpaired) electrons. The highest BCUT2D eigenvalue weighted by Crippen LogP contribution is 2.48. The van der Waals surface area contributed by atoms with Crippen LogP contribution in [-0.2, 0) is 0 Å². The molecule has 0 amide bonds. The van der Waals surface area contributed by atoms with E-state index in [0.717, 1.165) is 34.6 Å². The van der Waals surface area contributed by atoms with Gasteiger partial charge in [0.2, 0.25) is 5.76 Å². The van der Waals surface area contributed by atoms with Gasteiger partial charge in [-0.25, -0.2) is 4.79 Å². The van der Waals surface area contributed by atoms with Gasteiger partial charge in [0.1, 0.15) is 5.58 Å². The number of benzene rings is 2. The number of rotatable bonds is 2. The molecule has 1 heterocycles. The first-order valence-corrected chi connectivity index (χ1v) is 6.91. The zero-order valence-electron chi connectivity index (χ0n) is 10.5. The predicted molar refractivity (Wildman–Crippen MR) is 77.7 cm³/mol. The van der Waals surface area contributed by atoms with Gasteiger partial charge in [-0.05, 0) is 24.8 Å². The zero-order valence-corrected chi connectivity index (χ0v) is 11.3. The largest absolute Gasteiger partial charge is 0.475 e. The van der Waals surface area contributed by atoms with E-state index in [0.29, 0.717) is 16.5 Å². The van der Waals surface area contributed by atoms with Crippen molar-refractivity contribution in [2.24, 2.45) is 0 Å². The summed E-state index contributed by atoms with van der Waals surface area (Å²) in [4.78, 5) is 11.4. The van der Waals surface area contributed by atoms with E-state index in [1.807, 2.05) is 30.3 Å². The van der Waals surface area contributed by atoms with Crippen LogP contribution >= 0.6 is 11.6 Å². The van der Waals surface area contributed by atoms with Gasteiger partial charge in [0.25, 0.3) is 0 Å². The van der Waals surface area contributed by atoms with Crippen LogP contribution in [0.4, 0.5) is 0 Å². The van der Waals surface area contributed by atoms with Gasteiger partial charge in [-0.2, -0.15) is 0 Å². The summed E-state index contributed by atoms with van der Waals surface area (Å²) < 4.78 is 5.67. The summed E-state index contributed by atoms with van der Waals surface area (Å²) in [6.07, 6.45) is 2.03. The van der Waals surface area contributed by atoms with Crippen molar-refractivity contribution in [1.82, 2.24) is 0 Å². The third-order valence-electron chi connectivity index (χ3n) is 3.86. The van der Waals surface area contributed by atoms with Crippen molar-refractivity contribution in [3.63, 3.8) is 0 Å². The Morgan fingerprint density at radius 1 is 1.20 bits per heavy atom. The Bertz CT molecular complexity index is 859. The van der Waals surface area contributed by atoms with Crippen LogP contribution in [0.1, 0.15) is 34.9 Å². The highest BCUT2D eigenvalue weighted by Gasteiger charge is 2.34. The molecule has 1 saturated carbocycles. The van der Waals surface area contributed by atoms with Crippen LogP contribution in [-0.4, -0.2) is 11.1 Å². The van der Waals surface area contributed by atoms with E-state index in [2.05, 4.69) is 0 Å². The molecule has 2 aromatic carbocycles. The molecule has 3 nitrogen and oxygen atoms in total. The Morgan fingerprint density at radius 2 is 1.90 bits per heavy atom. The third kappa shape index (κ3) is 1.56. The molecule has 0 aliphatic heterocycles. The number of carboxylic acids is 1. The minimum Gasteiger partial charge on any atom is -0.475 e. The monoisotopic (exact) mass is 286 g/mol. The Labute approximate surface area is 119 Å². The molecule has 0 bridgehead atoms. The van der Waals surface area contributed by atoms with Crippen LogP contribution in [0.3, 0.4) is 0 Å². The molecule has 4 heteroatoms. The number of aromatic carboxylic acids is 1. The number of fused-ring (bicyclic) bond motifs is 3. The van der Waals surface area contributed by atoms with Crippen LogP contribution < -0.4 is 0 Å². The summed E-state index contributed by atoms with van der Waals surface area (Å²) in [6, 6.07) is 9.47. The van der Waals surface area contributed by atoms with Crippen molar-refractivity contribution in [3.05, 3.63) is 46.7 Å². The second-order valence-corrected chi connectivity index (χ2v) is 5.61. The molecule has 1 aliphatic carbocycles. The molecule has 1 fully saturated rings. The highest BCUT2D eigenvalue weighted by molar-refractivity contribution is 6.37. The molecule has 0 unspecified atom stereocenters. The average molecular weight is 287 g/mol. The lowest BCUT2D eigenvalue weighted by molar-refractivity contribution is 0.0663. The fourth-order valence-electron chi connectivity index (χ4n) is 2.83. The standard InChI is InChI=1S/C16H11ClO3/c17-12-7-11-13(8-5-6-8)15(16(18)19)20-14(11)10-4-2-1-3-9(10)12/h1-4,7-8H,5-6H2,(H,18,19). The van der Waals surface area contributed by atoms with Crippen molar-refractivity contribution in [2.45, 2.75) is 18.8 Å². The van der Waals surface area contributed by atoms with Gasteiger partial charge in [-0.1, -0.05) is 35.9 Å². The number of hydrogen-bond donors (Lipinski definition) is 1. The van der Waals surface area contributed by atoms with E-state index in [9.17, 15) is 9.90 Å². The zero-order chi connectivity index (χ0) is 13.9. The van der Waals surface area contributed by atoms with Crippen molar-refractivity contribution in [1.29, 1.82) is 0 Å². The molecule has 1 aromatic heterocycles. The van der Waals surface area contributed by atoms with Gasteiger partial charge in [-0.15, -0.1) is 0 Å². The van der Waals surface area contributed by atoms with Gasteiger partial charge >= 0.3 is 5.97 Å². The van der Waals surface area contributed by atoms with Gasteiger partial charge in [0.15, 0.2) is 0 Å². The number of hydrogen-bond acceptors (Lipinski definition) is 2. The Morgan fingerprint density at radius 3 is 2.55 bits per heavy atom. The first-order chi connectivity index (χ1) is 9.66. The number of carbonyl (C=O) groups is 1. The smallest absolute Gasteiger partial charge is 0.372 e. The van der Waals surface area contributed by atoms with E-state index in [1.165, 1.54) is 0 Å². The third-order valence-corrected chi connectivity index (χ3v) is 4.18. The fraction of sp³-hybridized carbons (Fsp3) is 0.188. The molecule has 3 aromatic rings. The summed E-state index contributed by atoms with van der Waals surface area (Å²) in [5, 5.41) is 12.6. The van der Waals surface area contributed by atoms with Crippen molar-refractivity contribution in [2.75, 3.05) is 0 Å². The van der Waals surface area contributed by atoms with Crippen molar-refractivity contribution >= 4 is 39.3 Å². The van der Waals surface area contributed by atoms with Crippen molar-refractivity contribution in [3.8, 4) is 0 Å². The van der Waals surface area contributed by atoms with Gasteiger partial charge in [0, 0.05) is 26.7 Å². The summed E-state index contributed by atoms with van der Waals surface area (Å²) in [5.74, 6) is -0.655. The maximum Gasteiger partial charge on any atom is 0.372 e. The van der Waals surface area contributed by atoms with Gasteiger partial charge < -0.3 is 9.52 Å². The minimum absolute atomic E-state index is 0.0647. The first kappa shape index (κ1) is 11.8. The van der Waals surface area contributed by atoms with Crippen LogP contribution in [0, 0.1) is 0 Å². The Hall–Kier alpha value is -2.00. The minimum atomic E-state index is -1.01. The summed E-state index contributed by atoms with van der Waals surface area (Å²) in [7, 11) is 0. The van der Waals surface area contributed by atoms with Crippen LogP contribution in [0.25, 0.3) is 21.7 Å². The molecule has 100 valence electrons. The quantitative estimate of drug-likeness (QED) is 0.735. The van der Waals surface area contributed by atoms with Gasteiger partial charge in [-0.3, -0.25) is 0 Å². The molecular weight excluding hydrogens is 276 g/mol. The lowest BCUT2D eigenvalue weighted by atomic mass is 10.0. The number of furan rings is 1. The molecule has 20 heavy (non-hydrogen) atoms. The number of halogens is 1. The SMILES string of the molecule is O=C(O)c1oc2c(cc(Cl)c3ccccc32)c1C1CC1. The van der Waals surface area contributed by atoms with Crippen LogP contribution in [0.15, 0.2) is 34.7 Å². The Balaban J connectivity index is 2.19. The van der Waals surface area contributed by atoms with E-state index >= 15 is 0 Å². The molecule has 0 atom stereocenters. The average Bonchev–Trinajstić information content (AvgIpc) is 3.20. The highest BCUT2D eigenvalue weighted by atomic mass is 35.5. The van der Waals surface area contributed by atoms with E-state index in [-0.39, 0.29) is 5.76 Å². The summed E-state index contributed by atoms with van der Waals surface area (Å²) in [6.45, 7) is 0. The van der Waals surface area contributed by atoms with Crippen LogP contribution in [0.5, 0.6) is 0 Å². The van der Waals surface area contributed by atoms with E-state index < -0.39 is 5.97 Å². The van der Waals surface area contributed by atoms with E-state index in [1.54, 1.807) is 0 Å². The fourth-order valence-corrected chi connectivity index (χ4v) is 3.10. The van der Waals surface area contributed by atoms with Crippen LogP contribution in [0.2, 0.25) is 5.02 Å². The topological polar surface area (TPSA) is 50.4 Å². The lowest BCUT2D eigenvalue weighted by Gasteiger charge is -2.02. The summed E-state index contributed by atoms with van der Waals surface area (Å²) >= 11 is 6.33. The maximum atomic E-state index is 11.4. The predicted octanol–water partition coefficient (Wildman–Crippen LogP) is 4.82. The normalized spacial score (nSPS) is 15.1. The molecular formula is C16H11ClO3. The second kappa shape index (κ2) is 4.00. The van der Waals surface area contributed by atoms with E-state index in [4.69, 9.17) is 16.0 Å². The number of carboxylic acid groups (broad SMARTS) is 1. The Kier molecular flexibility index (Phi) is 2.36. The first-order valence-electron chi connectivity index (χ1n) is 6.53. The second-order valence-electron chi connectivity index (χ2n) is 5.20. The molecule has 0 spiro atoms. The molecule has 1 aliphatic rings. The van der Waals surface area contributed by atoms with Crippen molar-refractivity contribution < 1.29 is 14.3 Å². The lowest BCUT2D eigenvalue weighted by Crippen LogP contribution is -1.97. The molecule has 0 saturated heterocycles. The summed E-state index contributed by atoms with van der Waals surface area (Å²) in [5.41, 5.74) is 1.43. The molecule has 1 N–H and O–H groups in total.